The van der Waals surface area contributed by atoms with Crippen molar-refractivity contribution < 1.29 is 4.74 Å². The minimum atomic E-state index is 0.240. The van der Waals surface area contributed by atoms with E-state index in [0.717, 1.165) is 36.2 Å². The highest BCUT2D eigenvalue weighted by Crippen LogP contribution is 2.31. The molecule has 0 aliphatic carbocycles. The van der Waals surface area contributed by atoms with Gasteiger partial charge in [0.2, 0.25) is 0 Å². The van der Waals surface area contributed by atoms with Crippen molar-refractivity contribution in [3.8, 4) is 5.75 Å². The first-order chi connectivity index (χ1) is 10.3. The Kier molecular flexibility index (Phi) is 4.61. The topological polar surface area (TPSA) is 21.3 Å². The lowest BCUT2D eigenvalue weighted by molar-refractivity contribution is 0.357. The molecule has 1 heterocycles. The molecule has 110 valence electrons. The number of rotatable bonds is 5. The molecule has 21 heavy (non-hydrogen) atoms. The normalized spacial score (nSPS) is 14.6. The third-order valence-electron chi connectivity index (χ3n) is 3.85. The van der Waals surface area contributed by atoms with E-state index in [-0.39, 0.29) is 6.04 Å². The van der Waals surface area contributed by atoms with Gasteiger partial charge in [-0.25, -0.2) is 0 Å². The lowest BCUT2D eigenvalue weighted by Crippen LogP contribution is -2.23. The number of hydrogen-bond acceptors (Lipinski definition) is 2. The second-order valence-electron chi connectivity index (χ2n) is 5.40. The molecule has 0 amide bonds. The fourth-order valence-electron chi connectivity index (χ4n) is 2.76. The zero-order chi connectivity index (χ0) is 14.7. The monoisotopic (exact) mass is 345 g/mol. The average molecular weight is 346 g/mol. The van der Waals surface area contributed by atoms with Gasteiger partial charge in [-0.05, 0) is 47.9 Å². The quantitative estimate of drug-likeness (QED) is 0.862. The van der Waals surface area contributed by atoms with E-state index in [0.29, 0.717) is 0 Å². The average Bonchev–Trinajstić information content (AvgIpc) is 2.97. The predicted molar refractivity (Wildman–Crippen MR) is 89.9 cm³/mol. The van der Waals surface area contributed by atoms with E-state index in [9.17, 15) is 0 Å². The Morgan fingerprint density at radius 2 is 1.90 bits per heavy atom. The van der Waals surface area contributed by atoms with Gasteiger partial charge in [0.15, 0.2) is 0 Å². The highest BCUT2D eigenvalue weighted by molar-refractivity contribution is 9.10. The number of benzene rings is 2. The minimum Gasteiger partial charge on any atom is -0.493 e. The number of nitrogens with one attached hydrogen (secondary N) is 1. The van der Waals surface area contributed by atoms with Crippen LogP contribution in [0, 0.1) is 0 Å². The summed E-state index contributed by atoms with van der Waals surface area (Å²) in [7, 11) is 0. The maximum atomic E-state index is 5.61. The molecule has 1 unspecified atom stereocenters. The van der Waals surface area contributed by atoms with Crippen LogP contribution in [0.15, 0.2) is 46.9 Å². The van der Waals surface area contributed by atoms with E-state index in [1.807, 2.05) is 0 Å². The standard InChI is InChI=1S/C18H20BrNO/c1-2-10-20-18(13-3-6-16(19)7-4-13)15-5-8-17-14(12-15)9-11-21-17/h3-8,12,18,20H,2,9-11H2,1H3. The molecule has 1 aliphatic rings. The van der Waals surface area contributed by atoms with Crippen molar-refractivity contribution in [2.45, 2.75) is 25.8 Å². The zero-order valence-corrected chi connectivity index (χ0v) is 13.8. The Hall–Kier alpha value is -1.32. The summed E-state index contributed by atoms with van der Waals surface area (Å²) in [6.45, 7) is 4.01. The van der Waals surface area contributed by atoms with E-state index in [4.69, 9.17) is 4.74 Å². The fraction of sp³-hybridized carbons (Fsp3) is 0.333. The molecule has 0 bridgehead atoms. The molecule has 2 aromatic rings. The second-order valence-corrected chi connectivity index (χ2v) is 6.32. The van der Waals surface area contributed by atoms with Crippen LogP contribution in [0.2, 0.25) is 0 Å². The number of fused-ring (bicyclic) bond motifs is 1. The first-order valence-corrected chi connectivity index (χ1v) is 8.31. The van der Waals surface area contributed by atoms with E-state index >= 15 is 0 Å². The molecule has 0 radical (unpaired) electrons. The van der Waals surface area contributed by atoms with Crippen LogP contribution in [0.5, 0.6) is 5.75 Å². The first-order valence-electron chi connectivity index (χ1n) is 7.52. The molecule has 0 spiro atoms. The second kappa shape index (κ2) is 6.63. The van der Waals surface area contributed by atoms with Crippen molar-refractivity contribution in [1.82, 2.24) is 5.32 Å². The SMILES string of the molecule is CCCNC(c1ccc(Br)cc1)c1ccc2c(c1)CCO2. The third kappa shape index (κ3) is 3.30. The van der Waals surface area contributed by atoms with Gasteiger partial charge in [0, 0.05) is 10.9 Å². The molecule has 2 aromatic carbocycles. The van der Waals surface area contributed by atoms with E-state index in [1.165, 1.54) is 16.7 Å². The van der Waals surface area contributed by atoms with Gasteiger partial charge in [0.25, 0.3) is 0 Å². The molecule has 0 fully saturated rings. The summed E-state index contributed by atoms with van der Waals surface area (Å²) in [5.74, 6) is 1.05. The van der Waals surface area contributed by atoms with Gasteiger partial charge in [0.05, 0.1) is 12.6 Å². The van der Waals surface area contributed by atoms with Gasteiger partial charge in [-0.2, -0.15) is 0 Å². The molecular weight excluding hydrogens is 326 g/mol. The number of ether oxygens (including phenoxy) is 1. The van der Waals surface area contributed by atoms with Gasteiger partial charge < -0.3 is 10.1 Å². The number of hydrogen-bond donors (Lipinski definition) is 1. The van der Waals surface area contributed by atoms with Gasteiger partial charge >= 0.3 is 0 Å². The Bertz CT molecular complexity index is 609. The van der Waals surface area contributed by atoms with Gasteiger partial charge in [-0.3, -0.25) is 0 Å². The fourth-order valence-corrected chi connectivity index (χ4v) is 3.02. The third-order valence-corrected chi connectivity index (χ3v) is 4.38. The summed E-state index contributed by atoms with van der Waals surface area (Å²) in [5.41, 5.74) is 3.94. The van der Waals surface area contributed by atoms with Crippen LogP contribution in [0.25, 0.3) is 0 Å². The van der Waals surface area contributed by atoms with Crippen LogP contribution >= 0.6 is 15.9 Å². The van der Waals surface area contributed by atoms with Crippen LogP contribution in [-0.4, -0.2) is 13.2 Å². The van der Waals surface area contributed by atoms with Crippen molar-refractivity contribution in [3.63, 3.8) is 0 Å². The van der Waals surface area contributed by atoms with Crippen LogP contribution in [0.4, 0.5) is 0 Å². The molecule has 3 heteroatoms. The summed E-state index contributed by atoms with van der Waals surface area (Å²) in [6, 6.07) is 15.4. The van der Waals surface area contributed by atoms with Crippen molar-refractivity contribution >= 4 is 15.9 Å². The predicted octanol–water partition coefficient (Wildman–Crippen LogP) is 4.47. The van der Waals surface area contributed by atoms with Crippen LogP contribution in [0.3, 0.4) is 0 Å². The first kappa shape index (κ1) is 14.6. The van der Waals surface area contributed by atoms with Gasteiger partial charge in [0.1, 0.15) is 5.75 Å². The molecule has 3 rings (SSSR count). The Balaban J connectivity index is 1.93. The van der Waals surface area contributed by atoms with Gasteiger partial charge in [-0.1, -0.05) is 47.1 Å². The van der Waals surface area contributed by atoms with E-state index in [1.54, 1.807) is 0 Å². The summed E-state index contributed by atoms with van der Waals surface area (Å²) in [4.78, 5) is 0. The molecule has 2 nitrogen and oxygen atoms in total. The molecule has 0 saturated heterocycles. The zero-order valence-electron chi connectivity index (χ0n) is 12.2. The molecular formula is C18H20BrNO. The highest BCUT2D eigenvalue weighted by atomic mass is 79.9. The van der Waals surface area contributed by atoms with Crippen LogP contribution in [-0.2, 0) is 6.42 Å². The molecule has 1 N–H and O–H groups in total. The summed E-state index contributed by atoms with van der Waals surface area (Å²) in [5, 5.41) is 3.66. The maximum absolute atomic E-state index is 5.61. The largest absolute Gasteiger partial charge is 0.493 e. The molecule has 1 aliphatic heterocycles. The highest BCUT2D eigenvalue weighted by Gasteiger charge is 2.18. The lowest BCUT2D eigenvalue weighted by atomic mass is 9.96. The van der Waals surface area contributed by atoms with E-state index < -0.39 is 0 Å². The summed E-state index contributed by atoms with van der Waals surface area (Å²) < 4.78 is 6.72. The number of halogens is 1. The van der Waals surface area contributed by atoms with Gasteiger partial charge in [-0.15, -0.1) is 0 Å². The van der Waals surface area contributed by atoms with Crippen LogP contribution < -0.4 is 10.1 Å². The molecule has 0 aromatic heterocycles. The van der Waals surface area contributed by atoms with Crippen LogP contribution in [0.1, 0.15) is 36.1 Å². The molecule has 0 saturated carbocycles. The Morgan fingerprint density at radius 1 is 1.14 bits per heavy atom. The Labute approximate surface area is 134 Å². The van der Waals surface area contributed by atoms with Crippen molar-refractivity contribution in [2.24, 2.45) is 0 Å². The van der Waals surface area contributed by atoms with E-state index in [2.05, 4.69) is 70.6 Å². The van der Waals surface area contributed by atoms with Crippen molar-refractivity contribution in [2.75, 3.05) is 13.2 Å². The Morgan fingerprint density at radius 3 is 2.67 bits per heavy atom. The molecule has 1 atom stereocenters. The van der Waals surface area contributed by atoms with Crippen molar-refractivity contribution in [3.05, 3.63) is 63.6 Å². The van der Waals surface area contributed by atoms with Crippen molar-refractivity contribution in [1.29, 1.82) is 0 Å². The maximum Gasteiger partial charge on any atom is 0.122 e. The smallest absolute Gasteiger partial charge is 0.122 e. The lowest BCUT2D eigenvalue weighted by Gasteiger charge is -2.20. The summed E-state index contributed by atoms with van der Waals surface area (Å²) >= 11 is 3.51. The summed E-state index contributed by atoms with van der Waals surface area (Å²) in [6.07, 6.45) is 2.14. The minimum absolute atomic E-state index is 0.240.